The Labute approximate surface area is 167 Å². The minimum atomic E-state index is -0.166. The number of hydrogen-bond donors (Lipinski definition) is 3. The monoisotopic (exact) mass is 394 g/mol. The summed E-state index contributed by atoms with van der Waals surface area (Å²) in [7, 11) is 1.80. The van der Waals surface area contributed by atoms with Crippen molar-refractivity contribution in [2.75, 3.05) is 30.9 Å². The van der Waals surface area contributed by atoms with Gasteiger partial charge in [0.1, 0.15) is 30.4 Å². The van der Waals surface area contributed by atoms with Crippen LogP contribution in [0.25, 0.3) is 5.65 Å². The molecule has 29 heavy (non-hydrogen) atoms. The Morgan fingerprint density at radius 3 is 2.86 bits per heavy atom. The number of nitrogens with one attached hydrogen (secondary N) is 3. The van der Waals surface area contributed by atoms with Crippen LogP contribution in [0.2, 0.25) is 0 Å². The maximum Gasteiger partial charge on any atom is 0.257 e. The Kier molecular flexibility index (Phi) is 3.97. The molecule has 9 heteroatoms. The molecular weight excluding hydrogens is 372 g/mol. The van der Waals surface area contributed by atoms with E-state index in [2.05, 4.69) is 26.0 Å². The largest absolute Gasteiger partial charge is 0.486 e. The van der Waals surface area contributed by atoms with Gasteiger partial charge in [0.25, 0.3) is 5.91 Å². The number of nitrogens with zero attached hydrogens (tertiary/aromatic N) is 3. The zero-order chi connectivity index (χ0) is 20.0. The lowest BCUT2D eigenvalue weighted by Crippen LogP contribution is -2.34. The van der Waals surface area contributed by atoms with Gasteiger partial charge in [0.05, 0.1) is 11.9 Å². The van der Waals surface area contributed by atoms with Crippen molar-refractivity contribution in [2.24, 2.45) is 0 Å². The summed E-state index contributed by atoms with van der Waals surface area (Å²) < 4.78 is 13.0. The summed E-state index contributed by atoms with van der Waals surface area (Å²) in [5.41, 5.74) is 1.54. The molecule has 1 aliphatic carbocycles. The molecule has 0 radical (unpaired) electrons. The predicted octanol–water partition coefficient (Wildman–Crippen LogP) is 2.57. The minimum Gasteiger partial charge on any atom is -0.486 e. The van der Waals surface area contributed by atoms with Crippen LogP contribution in [0.5, 0.6) is 11.5 Å². The van der Waals surface area contributed by atoms with E-state index >= 15 is 0 Å². The molecule has 1 aliphatic heterocycles. The molecule has 3 heterocycles. The van der Waals surface area contributed by atoms with E-state index in [1.807, 2.05) is 31.2 Å². The Morgan fingerprint density at radius 1 is 1.24 bits per heavy atom. The molecule has 0 atom stereocenters. The van der Waals surface area contributed by atoms with Crippen molar-refractivity contribution >= 4 is 28.9 Å². The highest BCUT2D eigenvalue weighted by Crippen LogP contribution is 2.39. The summed E-state index contributed by atoms with van der Waals surface area (Å²) in [6.45, 7) is 3.06. The number of aromatic nitrogens is 3. The molecule has 3 N–H and O–H groups in total. The molecule has 1 saturated carbocycles. The number of carbonyl (C=O) groups excluding carboxylic acids is 1. The number of hydrogen-bond acceptors (Lipinski definition) is 7. The van der Waals surface area contributed by atoms with Crippen molar-refractivity contribution in [3.63, 3.8) is 0 Å². The van der Waals surface area contributed by atoms with Crippen LogP contribution in [0.1, 0.15) is 30.1 Å². The number of amides is 1. The molecule has 5 rings (SSSR count). The standard InChI is InChI=1S/C20H22N6O3/c1-20(6-7-20)25-19(27)12-11-22-26-16(21-2)10-15(24-18(12)26)23-13-4-3-5-14-17(13)29-9-8-28-14/h3-5,10-11,21H,6-9H2,1-2H3,(H,23,24)(H,25,27). The molecule has 1 aromatic carbocycles. The first-order valence-corrected chi connectivity index (χ1v) is 9.61. The fourth-order valence-corrected chi connectivity index (χ4v) is 3.33. The first-order valence-electron chi connectivity index (χ1n) is 9.61. The molecule has 0 unspecified atom stereocenters. The Bertz CT molecular complexity index is 1110. The maximum absolute atomic E-state index is 12.8. The quantitative estimate of drug-likeness (QED) is 0.611. The van der Waals surface area contributed by atoms with E-state index in [1.165, 1.54) is 0 Å². The third-order valence-electron chi connectivity index (χ3n) is 5.22. The number of carbonyl (C=O) groups is 1. The first-order chi connectivity index (χ1) is 14.1. The molecule has 150 valence electrons. The number of anilines is 3. The minimum absolute atomic E-state index is 0.118. The van der Waals surface area contributed by atoms with Crippen molar-refractivity contribution in [1.82, 2.24) is 19.9 Å². The van der Waals surface area contributed by atoms with E-state index in [-0.39, 0.29) is 11.4 Å². The highest BCUT2D eigenvalue weighted by molar-refractivity contribution is 6.00. The van der Waals surface area contributed by atoms with E-state index < -0.39 is 0 Å². The van der Waals surface area contributed by atoms with Crippen molar-refractivity contribution in [2.45, 2.75) is 25.3 Å². The highest BCUT2D eigenvalue weighted by atomic mass is 16.6. The third kappa shape index (κ3) is 3.18. The zero-order valence-corrected chi connectivity index (χ0v) is 16.3. The summed E-state index contributed by atoms with van der Waals surface area (Å²) in [4.78, 5) is 17.4. The second-order valence-corrected chi connectivity index (χ2v) is 7.54. The highest BCUT2D eigenvalue weighted by Gasteiger charge is 2.39. The second kappa shape index (κ2) is 6.54. The van der Waals surface area contributed by atoms with Crippen LogP contribution < -0.4 is 25.4 Å². The van der Waals surface area contributed by atoms with Crippen LogP contribution in [-0.2, 0) is 0 Å². The summed E-state index contributed by atoms with van der Waals surface area (Å²) in [6.07, 6.45) is 3.53. The van der Waals surface area contributed by atoms with Gasteiger partial charge in [0.2, 0.25) is 0 Å². The van der Waals surface area contributed by atoms with Gasteiger partial charge in [-0.3, -0.25) is 4.79 Å². The van der Waals surface area contributed by atoms with Gasteiger partial charge in [-0.2, -0.15) is 9.61 Å². The van der Waals surface area contributed by atoms with Crippen LogP contribution in [0.3, 0.4) is 0 Å². The fourth-order valence-electron chi connectivity index (χ4n) is 3.33. The van der Waals surface area contributed by atoms with Gasteiger partial charge in [-0.1, -0.05) is 6.07 Å². The smallest absolute Gasteiger partial charge is 0.257 e. The lowest BCUT2D eigenvalue weighted by atomic mass is 10.2. The van der Waals surface area contributed by atoms with Crippen molar-refractivity contribution in [1.29, 1.82) is 0 Å². The van der Waals surface area contributed by atoms with Crippen molar-refractivity contribution < 1.29 is 14.3 Å². The van der Waals surface area contributed by atoms with Crippen LogP contribution in [0.15, 0.2) is 30.5 Å². The Morgan fingerprint density at radius 2 is 2.07 bits per heavy atom. The first kappa shape index (κ1) is 17.6. The van der Waals surface area contributed by atoms with E-state index in [4.69, 9.17) is 9.47 Å². The maximum atomic E-state index is 12.8. The van der Waals surface area contributed by atoms with Gasteiger partial charge in [-0.15, -0.1) is 0 Å². The molecule has 1 fully saturated rings. The molecular formula is C20H22N6O3. The lowest BCUT2D eigenvalue weighted by Gasteiger charge is -2.21. The summed E-state index contributed by atoms with van der Waals surface area (Å²) in [5.74, 6) is 2.45. The van der Waals surface area contributed by atoms with Gasteiger partial charge >= 0.3 is 0 Å². The van der Waals surface area contributed by atoms with Crippen LogP contribution in [0, 0.1) is 0 Å². The number of rotatable bonds is 5. The Balaban J connectivity index is 1.53. The number of benzene rings is 1. The second-order valence-electron chi connectivity index (χ2n) is 7.54. The van der Waals surface area contributed by atoms with Crippen LogP contribution >= 0.6 is 0 Å². The summed E-state index contributed by atoms with van der Waals surface area (Å²) >= 11 is 0. The summed E-state index contributed by atoms with van der Waals surface area (Å²) in [6, 6.07) is 7.48. The van der Waals surface area contributed by atoms with Gasteiger partial charge in [0.15, 0.2) is 17.1 Å². The number of fused-ring (bicyclic) bond motifs is 2. The number of ether oxygens (including phenoxy) is 2. The molecule has 2 aromatic heterocycles. The summed E-state index contributed by atoms with van der Waals surface area (Å²) in [5, 5.41) is 13.8. The average molecular weight is 394 g/mol. The van der Waals surface area contributed by atoms with Gasteiger partial charge in [-0.25, -0.2) is 4.98 Å². The van der Waals surface area contributed by atoms with Crippen molar-refractivity contribution in [3.05, 3.63) is 36.0 Å². The van der Waals surface area contributed by atoms with E-state index in [0.717, 1.165) is 18.5 Å². The number of para-hydroxylation sites is 1. The molecule has 3 aromatic rings. The molecule has 0 saturated heterocycles. The van der Waals surface area contributed by atoms with E-state index in [1.54, 1.807) is 17.8 Å². The van der Waals surface area contributed by atoms with Gasteiger partial charge in [-0.05, 0) is 31.9 Å². The van der Waals surface area contributed by atoms with E-state index in [9.17, 15) is 4.79 Å². The fraction of sp³-hybridized carbons (Fsp3) is 0.350. The van der Waals surface area contributed by atoms with E-state index in [0.29, 0.717) is 47.6 Å². The van der Waals surface area contributed by atoms with Crippen molar-refractivity contribution in [3.8, 4) is 11.5 Å². The normalized spacial score (nSPS) is 16.3. The van der Waals surface area contributed by atoms with Gasteiger partial charge < -0.3 is 25.4 Å². The molecule has 9 nitrogen and oxygen atoms in total. The van der Waals surface area contributed by atoms with Gasteiger partial charge in [0, 0.05) is 18.7 Å². The topological polar surface area (TPSA) is 102 Å². The lowest BCUT2D eigenvalue weighted by molar-refractivity contribution is 0.0937. The SMILES string of the molecule is CNc1cc(Nc2cccc3c2OCCO3)nc2c(C(=O)NC3(C)CC3)cnn12. The zero-order valence-electron chi connectivity index (χ0n) is 16.3. The molecule has 0 spiro atoms. The molecule has 1 amide bonds. The molecule has 2 aliphatic rings. The Hall–Kier alpha value is -3.49. The average Bonchev–Trinajstić information content (AvgIpc) is 3.29. The van der Waals surface area contributed by atoms with Crippen LogP contribution in [0.4, 0.5) is 17.3 Å². The molecule has 0 bridgehead atoms. The van der Waals surface area contributed by atoms with Crippen LogP contribution in [-0.4, -0.2) is 46.3 Å². The third-order valence-corrected chi connectivity index (χ3v) is 5.22. The predicted molar refractivity (Wildman–Crippen MR) is 108 cm³/mol.